The number of aromatic nitrogens is 1. The lowest BCUT2D eigenvalue weighted by Gasteiger charge is -2.12. The van der Waals surface area contributed by atoms with Crippen molar-refractivity contribution in [3.8, 4) is 5.88 Å². The molecule has 2 rings (SSSR count). The summed E-state index contributed by atoms with van der Waals surface area (Å²) in [5.74, 6) is 1.39. The zero-order chi connectivity index (χ0) is 18.1. The van der Waals surface area contributed by atoms with Crippen LogP contribution in [-0.4, -0.2) is 30.9 Å². The maximum Gasteiger partial charge on any atom is 0.213 e. The van der Waals surface area contributed by atoms with Crippen molar-refractivity contribution in [3.05, 3.63) is 53.2 Å². The lowest BCUT2D eigenvalue weighted by molar-refractivity contribution is 0.396. The van der Waals surface area contributed by atoms with E-state index in [0.717, 1.165) is 18.2 Å². The molecule has 0 spiro atoms. The zero-order valence-electron chi connectivity index (χ0n) is 15.3. The Bertz CT molecular complexity index is 718. The second-order valence-corrected chi connectivity index (χ2v) is 6.38. The first-order valence-corrected chi connectivity index (χ1v) is 9.54. The average molecular weight is 359 g/mol. The maximum atomic E-state index is 5.16. The van der Waals surface area contributed by atoms with Crippen LogP contribution in [0.25, 0.3) is 0 Å². The molecule has 6 heteroatoms. The second-order valence-electron chi connectivity index (χ2n) is 5.54. The molecule has 0 saturated carbocycles. The van der Waals surface area contributed by atoms with Gasteiger partial charge in [-0.15, -0.1) is 11.8 Å². The third-order valence-electron chi connectivity index (χ3n) is 3.62. The van der Waals surface area contributed by atoms with Crippen LogP contribution in [0.2, 0.25) is 0 Å². The number of ether oxygens (including phenoxy) is 1. The van der Waals surface area contributed by atoms with E-state index in [0.29, 0.717) is 19.0 Å². The molecule has 0 radical (unpaired) electrons. The third-order valence-corrected chi connectivity index (χ3v) is 4.44. The molecule has 2 aromatic rings. The Morgan fingerprint density at radius 3 is 2.80 bits per heavy atom. The van der Waals surface area contributed by atoms with Crippen molar-refractivity contribution in [1.29, 1.82) is 0 Å². The minimum Gasteiger partial charge on any atom is -0.481 e. The molecule has 2 N–H and O–H groups in total. The topological polar surface area (TPSA) is 58.5 Å². The Hall–Kier alpha value is -2.21. The fourth-order valence-corrected chi connectivity index (χ4v) is 3.03. The highest BCUT2D eigenvalue weighted by atomic mass is 32.2. The quantitative estimate of drug-likeness (QED) is 0.451. The van der Waals surface area contributed by atoms with Crippen molar-refractivity contribution in [3.63, 3.8) is 0 Å². The van der Waals surface area contributed by atoms with E-state index in [2.05, 4.69) is 53.9 Å². The van der Waals surface area contributed by atoms with Crippen LogP contribution < -0.4 is 15.4 Å². The number of nitrogens with zero attached hydrogens (tertiary/aromatic N) is 2. The molecule has 0 aliphatic carbocycles. The summed E-state index contributed by atoms with van der Waals surface area (Å²) < 4.78 is 5.16. The van der Waals surface area contributed by atoms with Gasteiger partial charge in [0.25, 0.3) is 0 Å². The molecule has 1 aromatic carbocycles. The zero-order valence-corrected chi connectivity index (χ0v) is 16.1. The van der Waals surface area contributed by atoms with Gasteiger partial charge in [-0.2, -0.15) is 0 Å². The summed E-state index contributed by atoms with van der Waals surface area (Å²) in [5, 5.41) is 6.60. The lowest BCUT2D eigenvalue weighted by Crippen LogP contribution is -2.37. The van der Waals surface area contributed by atoms with E-state index < -0.39 is 0 Å². The summed E-state index contributed by atoms with van der Waals surface area (Å²) in [7, 11) is 1.62. The largest absolute Gasteiger partial charge is 0.481 e. The first kappa shape index (κ1) is 19.1. The van der Waals surface area contributed by atoms with Crippen LogP contribution in [0.5, 0.6) is 5.88 Å². The summed E-state index contributed by atoms with van der Waals surface area (Å²) in [6.07, 6.45) is 2.10. The molecular weight excluding hydrogens is 332 g/mol. The molecule has 0 atom stereocenters. The molecule has 0 amide bonds. The molecule has 0 unspecified atom stereocenters. The van der Waals surface area contributed by atoms with Gasteiger partial charge in [0.15, 0.2) is 5.96 Å². The van der Waals surface area contributed by atoms with Crippen LogP contribution in [0.4, 0.5) is 0 Å². The summed E-state index contributed by atoms with van der Waals surface area (Å²) in [6.45, 7) is 6.20. The van der Waals surface area contributed by atoms with Crippen LogP contribution in [-0.2, 0) is 13.1 Å². The summed E-state index contributed by atoms with van der Waals surface area (Å²) in [5.41, 5.74) is 3.41. The fourth-order valence-electron chi connectivity index (χ4n) is 2.33. The minimum absolute atomic E-state index is 0.590. The molecule has 0 bridgehead atoms. The lowest BCUT2D eigenvalue weighted by atomic mass is 10.1. The van der Waals surface area contributed by atoms with E-state index in [1.54, 1.807) is 18.9 Å². The highest BCUT2D eigenvalue weighted by molar-refractivity contribution is 7.98. The smallest absolute Gasteiger partial charge is 0.213 e. The highest BCUT2D eigenvalue weighted by Crippen LogP contribution is 2.22. The number of hydrogen-bond acceptors (Lipinski definition) is 4. The molecule has 1 heterocycles. The van der Waals surface area contributed by atoms with Gasteiger partial charge in [-0.25, -0.2) is 9.98 Å². The molecule has 25 heavy (non-hydrogen) atoms. The van der Waals surface area contributed by atoms with Crippen LogP contribution in [0.3, 0.4) is 0 Å². The van der Waals surface area contributed by atoms with Gasteiger partial charge in [0.05, 0.1) is 25.9 Å². The Labute approximate surface area is 154 Å². The summed E-state index contributed by atoms with van der Waals surface area (Å²) >= 11 is 1.75. The maximum absolute atomic E-state index is 5.16. The van der Waals surface area contributed by atoms with Gasteiger partial charge in [-0.05, 0) is 43.4 Å². The van der Waals surface area contributed by atoms with Gasteiger partial charge in [0.1, 0.15) is 0 Å². The molecule has 0 saturated heterocycles. The number of aryl methyl sites for hydroxylation is 1. The first-order valence-electron chi connectivity index (χ1n) is 8.32. The Balaban J connectivity index is 2.05. The van der Waals surface area contributed by atoms with Crippen LogP contribution >= 0.6 is 11.8 Å². The van der Waals surface area contributed by atoms with Crippen LogP contribution in [0.15, 0.2) is 46.3 Å². The predicted molar refractivity (Wildman–Crippen MR) is 105 cm³/mol. The third kappa shape index (κ3) is 5.98. The van der Waals surface area contributed by atoms with E-state index in [1.807, 2.05) is 18.2 Å². The predicted octanol–water partition coefficient (Wildman–Crippen LogP) is 3.38. The standard InChI is InChI=1S/C19H26N4OS/c1-5-20-19(22-13-16-7-6-8-18(23-16)24-3)21-12-15-10-9-14(2)11-17(15)25-4/h6-11H,5,12-13H2,1-4H3,(H2,20,21,22). The fraction of sp³-hybridized carbons (Fsp3) is 0.368. The van der Waals surface area contributed by atoms with Crippen molar-refractivity contribution in [2.45, 2.75) is 31.8 Å². The van der Waals surface area contributed by atoms with Crippen molar-refractivity contribution >= 4 is 17.7 Å². The molecule has 134 valence electrons. The SMILES string of the molecule is CCNC(=NCc1ccc(C)cc1SC)NCc1cccc(OC)n1. The number of benzene rings is 1. The first-order chi connectivity index (χ1) is 12.2. The molecule has 0 fully saturated rings. The van der Waals surface area contributed by atoms with E-state index in [9.17, 15) is 0 Å². The Morgan fingerprint density at radius 1 is 1.24 bits per heavy atom. The van der Waals surface area contributed by atoms with Gasteiger partial charge in [-0.3, -0.25) is 0 Å². The van der Waals surface area contributed by atoms with E-state index in [1.165, 1.54) is 16.0 Å². The average Bonchev–Trinajstić information content (AvgIpc) is 2.64. The minimum atomic E-state index is 0.590. The molecule has 5 nitrogen and oxygen atoms in total. The molecule has 1 aromatic heterocycles. The van der Waals surface area contributed by atoms with Gasteiger partial charge >= 0.3 is 0 Å². The van der Waals surface area contributed by atoms with Crippen molar-refractivity contribution < 1.29 is 4.74 Å². The monoisotopic (exact) mass is 358 g/mol. The number of aliphatic imine (C=N–C) groups is 1. The number of guanidine groups is 1. The highest BCUT2D eigenvalue weighted by Gasteiger charge is 2.04. The number of rotatable bonds is 7. The number of nitrogens with one attached hydrogen (secondary N) is 2. The van der Waals surface area contributed by atoms with E-state index in [4.69, 9.17) is 9.73 Å². The molecule has 0 aliphatic rings. The normalized spacial score (nSPS) is 11.3. The van der Waals surface area contributed by atoms with Gasteiger partial charge < -0.3 is 15.4 Å². The van der Waals surface area contributed by atoms with Gasteiger partial charge in [0.2, 0.25) is 5.88 Å². The van der Waals surface area contributed by atoms with E-state index >= 15 is 0 Å². The van der Waals surface area contributed by atoms with Gasteiger partial charge in [0, 0.05) is 17.5 Å². The molecular formula is C19H26N4OS. The van der Waals surface area contributed by atoms with Crippen molar-refractivity contribution in [1.82, 2.24) is 15.6 Å². The number of thioether (sulfide) groups is 1. The summed E-state index contributed by atoms with van der Waals surface area (Å²) in [6, 6.07) is 12.2. The number of methoxy groups -OCH3 is 1. The number of pyridine rings is 1. The van der Waals surface area contributed by atoms with Crippen LogP contribution in [0, 0.1) is 6.92 Å². The van der Waals surface area contributed by atoms with E-state index in [-0.39, 0.29) is 0 Å². The second kappa shape index (κ2) is 9.93. The van der Waals surface area contributed by atoms with Crippen molar-refractivity contribution in [2.24, 2.45) is 4.99 Å². The van der Waals surface area contributed by atoms with Crippen LogP contribution in [0.1, 0.15) is 23.7 Å². The number of hydrogen-bond donors (Lipinski definition) is 2. The Morgan fingerprint density at radius 2 is 2.08 bits per heavy atom. The van der Waals surface area contributed by atoms with Gasteiger partial charge in [-0.1, -0.05) is 18.2 Å². The molecule has 0 aliphatic heterocycles. The van der Waals surface area contributed by atoms with Crippen molar-refractivity contribution in [2.75, 3.05) is 19.9 Å². The Kier molecular flexibility index (Phi) is 7.60. The summed E-state index contributed by atoms with van der Waals surface area (Å²) in [4.78, 5) is 10.4.